The van der Waals surface area contributed by atoms with E-state index in [-0.39, 0.29) is 19.3 Å². The molecule has 1 N–H and O–H groups in total. The predicted octanol–water partition coefficient (Wildman–Crippen LogP) is 4.28. The van der Waals surface area contributed by atoms with E-state index in [4.69, 9.17) is 14.2 Å². The predicted molar refractivity (Wildman–Crippen MR) is 124 cm³/mol. The SMILES string of the molecule is CC(=O)Nc1nc(CSc2nnc(COc3ccc4c(c3)OCO4)n2-c2ccccc2)cs1. The molecule has 0 unspecified atom stereocenters. The monoisotopic (exact) mass is 481 g/mol. The number of nitrogens with zero attached hydrogens (tertiary/aromatic N) is 4. The number of carbonyl (C=O) groups excluding carboxylic acids is 1. The van der Waals surface area contributed by atoms with Crippen LogP contribution in [0.4, 0.5) is 5.13 Å². The second-order valence-corrected chi connectivity index (χ2v) is 8.79. The van der Waals surface area contributed by atoms with Crippen LogP contribution in [0.1, 0.15) is 18.4 Å². The second-order valence-electron chi connectivity index (χ2n) is 6.99. The molecular weight excluding hydrogens is 462 g/mol. The highest BCUT2D eigenvalue weighted by Gasteiger charge is 2.18. The summed E-state index contributed by atoms with van der Waals surface area (Å²) in [6, 6.07) is 15.3. The molecule has 2 aromatic heterocycles. The Kier molecular flexibility index (Phi) is 6.13. The molecule has 4 aromatic rings. The molecular formula is C22H19N5O4S2. The fraction of sp³-hybridized carbons (Fsp3) is 0.182. The van der Waals surface area contributed by atoms with E-state index in [0.29, 0.717) is 34.0 Å². The number of aromatic nitrogens is 4. The van der Waals surface area contributed by atoms with Crippen molar-refractivity contribution in [3.8, 4) is 22.9 Å². The Morgan fingerprint density at radius 3 is 2.88 bits per heavy atom. The van der Waals surface area contributed by atoms with Crippen molar-refractivity contribution in [1.82, 2.24) is 19.7 Å². The largest absolute Gasteiger partial charge is 0.485 e. The number of para-hydroxylation sites is 1. The van der Waals surface area contributed by atoms with Gasteiger partial charge in [-0.1, -0.05) is 30.0 Å². The highest BCUT2D eigenvalue weighted by Crippen LogP contribution is 2.35. The van der Waals surface area contributed by atoms with Gasteiger partial charge in [0, 0.05) is 29.8 Å². The first-order chi connectivity index (χ1) is 16.2. The molecule has 0 saturated carbocycles. The zero-order valence-electron chi connectivity index (χ0n) is 17.6. The van der Waals surface area contributed by atoms with Gasteiger partial charge in [-0.2, -0.15) is 0 Å². The van der Waals surface area contributed by atoms with Crippen LogP contribution in [0.2, 0.25) is 0 Å². The van der Waals surface area contributed by atoms with Crippen molar-refractivity contribution in [3.05, 3.63) is 65.4 Å². The van der Waals surface area contributed by atoms with Crippen LogP contribution in [0.25, 0.3) is 5.69 Å². The Labute approximate surface area is 197 Å². The van der Waals surface area contributed by atoms with Crippen molar-refractivity contribution >= 4 is 34.1 Å². The van der Waals surface area contributed by atoms with Gasteiger partial charge in [0.25, 0.3) is 0 Å². The number of amides is 1. The number of hydrogen-bond donors (Lipinski definition) is 1. The molecule has 0 spiro atoms. The maximum atomic E-state index is 11.2. The summed E-state index contributed by atoms with van der Waals surface area (Å²) in [7, 11) is 0. The van der Waals surface area contributed by atoms with Crippen molar-refractivity contribution in [1.29, 1.82) is 0 Å². The van der Waals surface area contributed by atoms with Gasteiger partial charge >= 0.3 is 0 Å². The van der Waals surface area contributed by atoms with Gasteiger partial charge in [0.2, 0.25) is 12.7 Å². The minimum absolute atomic E-state index is 0.139. The quantitative estimate of drug-likeness (QED) is 0.372. The summed E-state index contributed by atoms with van der Waals surface area (Å²) >= 11 is 2.91. The molecule has 168 valence electrons. The second kappa shape index (κ2) is 9.51. The number of hydrogen-bond acceptors (Lipinski definition) is 9. The summed E-state index contributed by atoms with van der Waals surface area (Å²) in [5, 5.41) is 14.7. The highest BCUT2D eigenvalue weighted by molar-refractivity contribution is 7.98. The lowest BCUT2D eigenvalue weighted by atomic mass is 10.3. The van der Waals surface area contributed by atoms with Crippen LogP contribution < -0.4 is 19.5 Å². The van der Waals surface area contributed by atoms with Crippen LogP contribution in [0.5, 0.6) is 17.2 Å². The molecule has 0 radical (unpaired) electrons. The molecule has 9 nitrogen and oxygen atoms in total. The summed E-state index contributed by atoms with van der Waals surface area (Å²) in [6.45, 7) is 1.91. The number of thiazole rings is 1. The summed E-state index contributed by atoms with van der Waals surface area (Å²) in [5.41, 5.74) is 1.79. The first-order valence-electron chi connectivity index (χ1n) is 10.0. The van der Waals surface area contributed by atoms with Crippen LogP contribution in [0, 0.1) is 0 Å². The van der Waals surface area contributed by atoms with E-state index in [9.17, 15) is 4.79 Å². The first-order valence-corrected chi connectivity index (χ1v) is 11.9. The van der Waals surface area contributed by atoms with Crippen LogP contribution >= 0.6 is 23.1 Å². The minimum atomic E-state index is -0.139. The molecule has 1 amide bonds. The molecule has 1 aliphatic heterocycles. The number of ether oxygens (including phenoxy) is 3. The van der Waals surface area contributed by atoms with E-state index in [1.165, 1.54) is 30.0 Å². The average Bonchev–Trinajstić information content (AvgIpc) is 3.56. The van der Waals surface area contributed by atoms with Crippen LogP contribution in [0.15, 0.2) is 59.1 Å². The van der Waals surface area contributed by atoms with Crippen molar-refractivity contribution in [2.75, 3.05) is 12.1 Å². The Bertz CT molecular complexity index is 1280. The van der Waals surface area contributed by atoms with Crippen LogP contribution in [-0.2, 0) is 17.2 Å². The normalized spacial score (nSPS) is 12.0. The zero-order valence-corrected chi connectivity index (χ0v) is 19.2. The number of nitrogens with one attached hydrogen (secondary N) is 1. The first kappa shape index (κ1) is 21.3. The summed E-state index contributed by atoms with van der Waals surface area (Å²) in [4.78, 5) is 15.7. The Morgan fingerprint density at radius 2 is 2.03 bits per heavy atom. The number of rotatable bonds is 8. The smallest absolute Gasteiger partial charge is 0.231 e. The number of benzene rings is 2. The molecule has 0 bridgehead atoms. The number of carbonyl (C=O) groups is 1. The van der Waals surface area contributed by atoms with Crippen molar-refractivity contribution < 1.29 is 19.0 Å². The van der Waals surface area contributed by atoms with Gasteiger partial charge < -0.3 is 19.5 Å². The lowest BCUT2D eigenvalue weighted by Gasteiger charge is -2.11. The molecule has 0 atom stereocenters. The van der Waals surface area contributed by atoms with Gasteiger partial charge in [-0.3, -0.25) is 9.36 Å². The molecule has 33 heavy (non-hydrogen) atoms. The Morgan fingerprint density at radius 1 is 1.18 bits per heavy atom. The van der Waals surface area contributed by atoms with Gasteiger partial charge in [-0.25, -0.2) is 4.98 Å². The van der Waals surface area contributed by atoms with Crippen molar-refractivity contribution in [2.24, 2.45) is 0 Å². The maximum absolute atomic E-state index is 11.2. The third-order valence-electron chi connectivity index (χ3n) is 4.61. The molecule has 11 heteroatoms. The van der Waals surface area contributed by atoms with Crippen LogP contribution in [0.3, 0.4) is 0 Å². The summed E-state index contributed by atoms with van der Waals surface area (Å²) in [6.07, 6.45) is 0. The maximum Gasteiger partial charge on any atom is 0.231 e. The molecule has 0 fully saturated rings. The van der Waals surface area contributed by atoms with E-state index in [0.717, 1.165) is 16.5 Å². The topological polar surface area (TPSA) is 100 Å². The van der Waals surface area contributed by atoms with Gasteiger partial charge in [-0.15, -0.1) is 21.5 Å². The third-order valence-corrected chi connectivity index (χ3v) is 6.38. The van der Waals surface area contributed by atoms with E-state index in [1.54, 1.807) is 6.07 Å². The Hall–Kier alpha value is -3.57. The van der Waals surface area contributed by atoms with Crippen LogP contribution in [-0.4, -0.2) is 32.4 Å². The van der Waals surface area contributed by atoms with E-state index >= 15 is 0 Å². The van der Waals surface area contributed by atoms with Gasteiger partial charge in [0.15, 0.2) is 27.6 Å². The van der Waals surface area contributed by atoms with Gasteiger partial charge in [-0.05, 0) is 24.3 Å². The van der Waals surface area contributed by atoms with Crippen molar-refractivity contribution in [2.45, 2.75) is 24.4 Å². The highest BCUT2D eigenvalue weighted by atomic mass is 32.2. The molecule has 0 aliphatic carbocycles. The van der Waals surface area contributed by atoms with Gasteiger partial charge in [0.05, 0.1) is 5.69 Å². The lowest BCUT2D eigenvalue weighted by molar-refractivity contribution is -0.114. The third kappa shape index (κ3) is 4.94. The average molecular weight is 482 g/mol. The molecule has 3 heterocycles. The standard InChI is InChI=1S/C22H19N5O4S2/c1-14(28)23-21-24-15(11-32-21)12-33-22-26-25-20(27(22)16-5-3-2-4-6-16)10-29-17-7-8-18-19(9-17)31-13-30-18/h2-9,11H,10,12-13H2,1H3,(H,23,24,28). The molecule has 1 aliphatic rings. The summed E-state index contributed by atoms with van der Waals surface area (Å²) < 4.78 is 18.7. The minimum Gasteiger partial charge on any atom is -0.485 e. The molecule has 2 aromatic carbocycles. The lowest BCUT2D eigenvalue weighted by Crippen LogP contribution is -2.06. The van der Waals surface area contributed by atoms with E-state index < -0.39 is 0 Å². The number of anilines is 1. The van der Waals surface area contributed by atoms with E-state index in [2.05, 4.69) is 20.5 Å². The number of thioether (sulfide) groups is 1. The fourth-order valence-corrected chi connectivity index (χ4v) is 4.88. The molecule has 5 rings (SSSR count). The molecule has 0 saturated heterocycles. The Balaban J connectivity index is 1.34. The number of fused-ring (bicyclic) bond motifs is 1. The zero-order chi connectivity index (χ0) is 22.6. The van der Waals surface area contributed by atoms with Crippen molar-refractivity contribution in [3.63, 3.8) is 0 Å². The van der Waals surface area contributed by atoms with E-state index in [1.807, 2.05) is 52.4 Å². The summed E-state index contributed by atoms with van der Waals surface area (Å²) in [5.74, 6) is 3.14. The fourth-order valence-electron chi connectivity index (χ4n) is 3.16. The van der Waals surface area contributed by atoms with Gasteiger partial charge in [0.1, 0.15) is 12.4 Å².